The fourth-order valence-corrected chi connectivity index (χ4v) is 3.89. The van der Waals surface area contributed by atoms with E-state index < -0.39 is 0 Å². The zero-order valence-electron chi connectivity index (χ0n) is 13.5. The molecule has 4 unspecified atom stereocenters. The first-order chi connectivity index (χ1) is 10.1. The van der Waals surface area contributed by atoms with Crippen LogP contribution in [0.2, 0.25) is 0 Å². The van der Waals surface area contributed by atoms with Crippen molar-refractivity contribution >= 4 is 0 Å². The highest BCUT2D eigenvalue weighted by molar-refractivity contribution is 5.40. The smallest absolute Gasteiger partial charge is 0.124 e. The van der Waals surface area contributed by atoms with E-state index in [0.29, 0.717) is 18.0 Å². The third-order valence-electron chi connectivity index (χ3n) is 5.31. The summed E-state index contributed by atoms with van der Waals surface area (Å²) in [4.78, 5) is 2.64. The zero-order valence-corrected chi connectivity index (χ0v) is 13.5. The average Bonchev–Trinajstić information content (AvgIpc) is 2.46. The fourth-order valence-electron chi connectivity index (χ4n) is 3.89. The van der Waals surface area contributed by atoms with Crippen LogP contribution in [0.4, 0.5) is 0 Å². The molecule has 21 heavy (non-hydrogen) atoms. The molecule has 0 aliphatic carbocycles. The number of rotatable bonds is 2. The van der Waals surface area contributed by atoms with Crippen LogP contribution in [-0.4, -0.2) is 30.1 Å². The van der Waals surface area contributed by atoms with Gasteiger partial charge in [0.05, 0.1) is 6.61 Å². The topological polar surface area (TPSA) is 38.5 Å². The van der Waals surface area contributed by atoms with Crippen molar-refractivity contribution < 1.29 is 4.74 Å². The SMILES string of the molecule is Cc1ccc2c(c1)C(N)C(CN1C(C)CCCC1C)CO2. The molecule has 1 aromatic rings. The van der Waals surface area contributed by atoms with Gasteiger partial charge in [0.25, 0.3) is 0 Å². The molecule has 2 aliphatic rings. The lowest BCUT2D eigenvalue weighted by Gasteiger charge is -2.43. The monoisotopic (exact) mass is 288 g/mol. The van der Waals surface area contributed by atoms with E-state index in [0.717, 1.165) is 18.9 Å². The molecule has 2 heterocycles. The number of piperidine rings is 1. The fraction of sp³-hybridized carbons (Fsp3) is 0.667. The molecule has 0 radical (unpaired) electrons. The molecule has 0 spiro atoms. The molecular weight excluding hydrogens is 260 g/mol. The normalized spacial score (nSPS) is 33.3. The highest BCUT2D eigenvalue weighted by Gasteiger charge is 2.33. The van der Waals surface area contributed by atoms with Gasteiger partial charge in [0.1, 0.15) is 5.75 Å². The summed E-state index contributed by atoms with van der Waals surface area (Å²) in [6, 6.07) is 7.78. The standard InChI is InChI=1S/C18H28N2O/c1-12-7-8-17-16(9-12)18(19)15(11-21-17)10-20-13(2)5-4-6-14(20)3/h7-9,13-15,18H,4-6,10-11,19H2,1-3H3. The van der Waals surface area contributed by atoms with Crippen molar-refractivity contribution in [3.8, 4) is 5.75 Å². The van der Waals surface area contributed by atoms with Crippen molar-refractivity contribution in [2.75, 3.05) is 13.2 Å². The van der Waals surface area contributed by atoms with Gasteiger partial charge in [0.15, 0.2) is 0 Å². The van der Waals surface area contributed by atoms with Gasteiger partial charge in [0, 0.05) is 36.2 Å². The molecule has 3 nitrogen and oxygen atoms in total. The Morgan fingerprint density at radius 1 is 1.24 bits per heavy atom. The maximum Gasteiger partial charge on any atom is 0.124 e. The van der Waals surface area contributed by atoms with Gasteiger partial charge in [-0.05, 0) is 39.7 Å². The molecule has 116 valence electrons. The molecule has 0 amide bonds. The van der Waals surface area contributed by atoms with Crippen LogP contribution >= 0.6 is 0 Å². The summed E-state index contributed by atoms with van der Waals surface area (Å²) in [5.41, 5.74) is 9.00. The number of nitrogens with two attached hydrogens (primary N) is 1. The first-order valence-corrected chi connectivity index (χ1v) is 8.31. The molecular formula is C18H28N2O. The van der Waals surface area contributed by atoms with E-state index in [2.05, 4.69) is 43.9 Å². The summed E-state index contributed by atoms with van der Waals surface area (Å²) in [6.07, 6.45) is 3.97. The van der Waals surface area contributed by atoms with Gasteiger partial charge in [-0.3, -0.25) is 4.90 Å². The lowest BCUT2D eigenvalue weighted by Crippen LogP contribution is -2.49. The van der Waals surface area contributed by atoms with Crippen molar-refractivity contribution in [2.24, 2.45) is 11.7 Å². The van der Waals surface area contributed by atoms with Crippen LogP contribution < -0.4 is 10.5 Å². The van der Waals surface area contributed by atoms with Crippen molar-refractivity contribution in [1.29, 1.82) is 0 Å². The second kappa shape index (κ2) is 5.98. The Morgan fingerprint density at radius 3 is 2.67 bits per heavy atom. The Hall–Kier alpha value is -1.06. The van der Waals surface area contributed by atoms with Crippen molar-refractivity contribution in [3.05, 3.63) is 29.3 Å². The predicted octanol–water partition coefficient (Wildman–Crippen LogP) is 3.27. The molecule has 1 fully saturated rings. The highest BCUT2D eigenvalue weighted by atomic mass is 16.5. The number of hydrogen-bond acceptors (Lipinski definition) is 3. The molecule has 0 bridgehead atoms. The largest absolute Gasteiger partial charge is 0.493 e. The van der Waals surface area contributed by atoms with Crippen LogP contribution in [0.25, 0.3) is 0 Å². The summed E-state index contributed by atoms with van der Waals surface area (Å²) in [5, 5.41) is 0. The van der Waals surface area contributed by atoms with Gasteiger partial charge in [-0.1, -0.05) is 24.1 Å². The van der Waals surface area contributed by atoms with Crippen molar-refractivity contribution in [1.82, 2.24) is 4.90 Å². The Labute approximate surface area is 128 Å². The molecule has 0 aromatic heterocycles. The maximum absolute atomic E-state index is 6.56. The second-order valence-corrected chi connectivity index (χ2v) is 6.96. The van der Waals surface area contributed by atoms with Crippen molar-refractivity contribution in [2.45, 2.75) is 58.2 Å². The average molecular weight is 288 g/mol. The molecule has 1 aromatic carbocycles. The van der Waals surface area contributed by atoms with E-state index >= 15 is 0 Å². The van der Waals surface area contributed by atoms with Gasteiger partial charge in [-0.2, -0.15) is 0 Å². The Morgan fingerprint density at radius 2 is 1.95 bits per heavy atom. The molecule has 2 N–H and O–H groups in total. The van der Waals surface area contributed by atoms with Crippen LogP contribution in [0, 0.1) is 12.8 Å². The predicted molar refractivity (Wildman–Crippen MR) is 86.6 cm³/mol. The number of likely N-dealkylation sites (tertiary alicyclic amines) is 1. The summed E-state index contributed by atoms with van der Waals surface area (Å²) in [5.74, 6) is 1.37. The summed E-state index contributed by atoms with van der Waals surface area (Å²) in [7, 11) is 0. The van der Waals surface area contributed by atoms with Crippen LogP contribution in [0.3, 0.4) is 0 Å². The Bertz CT molecular complexity index is 492. The summed E-state index contributed by atoms with van der Waals surface area (Å²) in [6.45, 7) is 8.61. The molecule has 3 rings (SSSR count). The minimum absolute atomic E-state index is 0.0926. The van der Waals surface area contributed by atoms with E-state index in [1.54, 1.807) is 0 Å². The maximum atomic E-state index is 6.56. The first kappa shape index (κ1) is 14.9. The van der Waals surface area contributed by atoms with Crippen LogP contribution in [0.5, 0.6) is 5.75 Å². The highest BCUT2D eigenvalue weighted by Crippen LogP contribution is 2.36. The van der Waals surface area contributed by atoms with E-state index in [9.17, 15) is 0 Å². The number of aryl methyl sites for hydroxylation is 1. The van der Waals surface area contributed by atoms with Gasteiger partial charge in [-0.25, -0.2) is 0 Å². The lowest BCUT2D eigenvalue weighted by atomic mass is 9.88. The molecule has 3 heteroatoms. The number of fused-ring (bicyclic) bond motifs is 1. The Kier molecular flexibility index (Phi) is 4.23. The quantitative estimate of drug-likeness (QED) is 0.907. The number of ether oxygens (including phenoxy) is 1. The first-order valence-electron chi connectivity index (χ1n) is 8.31. The number of nitrogens with zero attached hydrogens (tertiary/aromatic N) is 1. The molecule has 2 aliphatic heterocycles. The minimum atomic E-state index is 0.0926. The van der Waals surface area contributed by atoms with Crippen LogP contribution in [0.15, 0.2) is 18.2 Å². The van der Waals surface area contributed by atoms with Crippen LogP contribution in [-0.2, 0) is 0 Å². The van der Waals surface area contributed by atoms with Gasteiger partial charge >= 0.3 is 0 Å². The lowest BCUT2D eigenvalue weighted by molar-refractivity contribution is 0.0579. The second-order valence-electron chi connectivity index (χ2n) is 6.96. The van der Waals surface area contributed by atoms with Crippen molar-refractivity contribution in [3.63, 3.8) is 0 Å². The van der Waals surface area contributed by atoms with E-state index in [1.807, 2.05) is 0 Å². The molecule has 1 saturated heterocycles. The van der Waals surface area contributed by atoms with Crippen LogP contribution in [0.1, 0.15) is 50.3 Å². The number of hydrogen-bond donors (Lipinski definition) is 1. The third kappa shape index (κ3) is 2.95. The zero-order chi connectivity index (χ0) is 15.0. The minimum Gasteiger partial charge on any atom is -0.493 e. The summed E-state index contributed by atoms with van der Waals surface area (Å²) < 4.78 is 5.97. The molecule has 0 saturated carbocycles. The van der Waals surface area contributed by atoms with E-state index in [-0.39, 0.29) is 6.04 Å². The molecule has 4 atom stereocenters. The van der Waals surface area contributed by atoms with Gasteiger partial charge in [0.2, 0.25) is 0 Å². The van der Waals surface area contributed by atoms with E-state index in [1.165, 1.54) is 30.4 Å². The Balaban J connectivity index is 1.75. The van der Waals surface area contributed by atoms with Gasteiger partial charge in [-0.15, -0.1) is 0 Å². The van der Waals surface area contributed by atoms with E-state index in [4.69, 9.17) is 10.5 Å². The third-order valence-corrected chi connectivity index (χ3v) is 5.31. The number of benzene rings is 1. The summed E-state index contributed by atoms with van der Waals surface area (Å²) >= 11 is 0. The van der Waals surface area contributed by atoms with Gasteiger partial charge < -0.3 is 10.5 Å².